The minimum atomic E-state index is -0.234. The van der Waals surface area contributed by atoms with Crippen LogP contribution in [0.15, 0.2) is 0 Å². The number of nitrogens with zero attached hydrogens (tertiary/aromatic N) is 1. The number of β-amino-alcohol motifs (C(OH)–C–C–N with tert-alkyl or cyclic N) is 1. The maximum atomic E-state index is 11.7. The first kappa shape index (κ1) is 11.9. The van der Waals surface area contributed by atoms with Crippen molar-refractivity contribution in [2.24, 2.45) is 0 Å². The van der Waals surface area contributed by atoms with E-state index in [4.69, 9.17) is 0 Å². The Balaban J connectivity index is 1.67. The predicted molar refractivity (Wildman–Crippen MR) is 62.1 cm³/mol. The van der Waals surface area contributed by atoms with E-state index in [-0.39, 0.29) is 12.0 Å². The molecule has 0 aromatic heterocycles. The standard InChI is InChI=1S/C12H22N2O2/c15-11-6-7-14(8-11)9-12(16)13-10-4-2-1-3-5-10/h10-11,15H,1-9H2,(H,13,16). The second-order valence-corrected chi connectivity index (χ2v) is 5.08. The van der Waals surface area contributed by atoms with Gasteiger partial charge in [0.05, 0.1) is 12.6 Å². The van der Waals surface area contributed by atoms with E-state index < -0.39 is 0 Å². The molecule has 0 radical (unpaired) electrons. The number of likely N-dealkylation sites (tertiary alicyclic amines) is 1. The number of amides is 1. The van der Waals surface area contributed by atoms with Gasteiger partial charge in [0.15, 0.2) is 0 Å². The maximum absolute atomic E-state index is 11.7. The highest BCUT2D eigenvalue weighted by atomic mass is 16.3. The molecule has 1 unspecified atom stereocenters. The van der Waals surface area contributed by atoms with Crippen LogP contribution in [0.1, 0.15) is 38.5 Å². The van der Waals surface area contributed by atoms with Crippen molar-refractivity contribution in [2.45, 2.75) is 50.7 Å². The lowest BCUT2D eigenvalue weighted by Crippen LogP contribution is -2.42. The molecule has 92 valence electrons. The van der Waals surface area contributed by atoms with Gasteiger partial charge in [0.25, 0.3) is 0 Å². The van der Waals surface area contributed by atoms with Gasteiger partial charge in [0.1, 0.15) is 0 Å². The Kier molecular flexibility index (Phi) is 4.18. The van der Waals surface area contributed by atoms with Crippen LogP contribution in [-0.4, -0.2) is 47.7 Å². The van der Waals surface area contributed by atoms with E-state index in [0.29, 0.717) is 19.1 Å². The molecule has 2 aliphatic rings. The highest BCUT2D eigenvalue weighted by Crippen LogP contribution is 2.17. The number of aliphatic hydroxyl groups is 1. The third-order valence-corrected chi connectivity index (χ3v) is 3.58. The van der Waals surface area contributed by atoms with Crippen molar-refractivity contribution in [1.82, 2.24) is 10.2 Å². The number of carbonyl (C=O) groups is 1. The minimum Gasteiger partial charge on any atom is -0.392 e. The van der Waals surface area contributed by atoms with Crippen LogP contribution in [0.4, 0.5) is 0 Å². The number of nitrogens with one attached hydrogen (secondary N) is 1. The molecule has 1 aliphatic carbocycles. The first-order valence-corrected chi connectivity index (χ1v) is 6.44. The van der Waals surface area contributed by atoms with Crippen LogP contribution in [0.5, 0.6) is 0 Å². The van der Waals surface area contributed by atoms with Gasteiger partial charge >= 0.3 is 0 Å². The van der Waals surface area contributed by atoms with Gasteiger partial charge < -0.3 is 10.4 Å². The molecule has 4 heteroatoms. The largest absolute Gasteiger partial charge is 0.392 e. The van der Waals surface area contributed by atoms with Crippen molar-refractivity contribution in [3.05, 3.63) is 0 Å². The van der Waals surface area contributed by atoms with Crippen molar-refractivity contribution in [2.75, 3.05) is 19.6 Å². The van der Waals surface area contributed by atoms with Gasteiger partial charge in [-0.3, -0.25) is 9.69 Å². The summed E-state index contributed by atoms with van der Waals surface area (Å²) < 4.78 is 0. The molecular weight excluding hydrogens is 204 g/mol. The van der Waals surface area contributed by atoms with Crippen molar-refractivity contribution in [3.8, 4) is 0 Å². The second kappa shape index (κ2) is 5.64. The molecule has 0 aromatic rings. The average Bonchev–Trinajstić information content (AvgIpc) is 2.65. The highest BCUT2D eigenvalue weighted by molar-refractivity contribution is 5.78. The predicted octanol–water partition coefficient (Wildman–Crippen LogP) is 0.502. The Morgan fingerprint density at radius 3 is 2.62 bits per heavy atom. The van der Waals surface area contributed by atoms with Gasteiger partial charge in [-0.25, -0.2) is 0 Å². The number of carbonyl (C=O) groups excluding carboxylic acids is 1. The zero-order chi connectivity index (χ0) is 11.4. The van der Waals surface area contributed by atoms with E-state index >= 15 is 0 Å². The third-order valence-electron chi connectivity index (χ3n) is 3.58. The SMILES string of the molecule is O=C(CN1CCC(O)C1)NC1CCCCC1. The zero-order valence-corrected chi connectivity index (χ0v) is 9.82. The molecule has 0 spiro atoms. The van der Waals surface area contributed by atoms with Crippen LogP contribution >= 0.6 is 0 Å². The Morgan fingerprint density at radius 2 is 2.00 bits per heavy atom. The molecule has 16 heavy (non-hydrogen) atoms. The van der Waals surface area contributed by atoms with E-state index in [1.165, 1.54) is 19.3 Å². The maximum Gasteiger partial charge on any atom is 0.234 e. The lowest BCUT2D eigenvalue weighted by Gasteiger charge is -2.24. The molecule has 1 amide bonds. The van der Waals surface area contributed by atoms with Gasteiger partial charge in [0, 0.05) is 19.1 Å². The van der Waals surface area contributed by atoms with Crippen molar-refractivity contribution >= 4 is 5.91 Å². The van der Waals surface area contributed by atoms with Crippen molar-refractivity contribution < 1.29 is 9.90 Å². The fraction of sp³-hybridized carbons (Fsp3) is 0.917. The van der Waals surface area contributed by atoms with Crippen LogP contribution in [0.3, 0.4) is 0 Å². The van der Waals surface area contributed by atoms with Gasteiger partial charge in [-0.2, -0.15) is 0 Å². The molecule has 1 atom stereocenters. The second-order valence-electron chi connectivity index (χ2n) is 5.08. The van der Waals surface area contributed by atoms with Crippen LogP contribution in [-0.2, 0) is 4.79 Å². The molecule has 2 N–H and O–H groups in total. The molecule has 0 aromatic carbocycles. The van der Waals surface area contributed by atoms with Crippen LogP contribution in [0.2, 0.25) is 0 Å². The molecule has 1 heterocycles. The fourth-order valence-electron chi connectivity index (χ4n) is 2.68. The molecule has 2 rings (SSSR count). The lowest BCUT2D eigenvalue weighted by atomic mass is 9.95. The molecule has 1 saturated heterocycles. The summed E-state index contributed by atoms with van der Waals surface area (Å²) in [6.07, 6.45) is 6.63. The topological polar surface area (TPSA) is 52.6 Å². The fourth-order valence-corrected chi connectivity index (χ4v) is 2.68. The quantitative estimate of drug-likeness (QED) is 0.737. The summed E-state index contributed by atoms with van der Waals surface area (Å²) >= 11 is 0. The van der Waals surface area contributed by atoms with Gasteiger partial charge in [-0.15, -0.1) is 0 Å². The lowest BCUT2D eigenvalue weighted by molar-refractivity contribution is -0.123. The molecule has 1 aliphatic heterocycles. The van der Waals surface area contributed by atoms with Gasteiger partial charge in [-0.05, 0) is 19.3 Å². The van der Waals surface area contributed by atoms with E-state index in [1.807, 2.05) is 4.90 Å². The van der Waals surface area contributed by atoms with Gasteiger partial charge in [0.2, 0.25) is 5.91 Å². The number of aliphatic hydroxyl groups excluding tert-OH is 1. The Labute approximate surface area is 97.0 Å². The van der Waals surface area contributed by atoms with Crippen molar-refractivity contribution in [1.29, 1.82) is 0 Å². The molecule has 4 nitrogen and oxygen atoms in total. The van der Waals surface area contributed by atoms with Crippen molar-refractivity contribution in [3.63, 3.8) is 0 Å². The van der Waals surface area contributed by atoms with E-state index in [2.05, 4.69) is 5.32 Å². The normalized spacial score (nSPS) is 28.2. The Hall–Kier alpha value is -0.610. The summed E-state index contributed by atoms with van der Waals surface area (Å²) in [5.41, 5.74) is 0. The monoisotopic (exact) mass is 226 g/mol. The number of rotatable bonds is 3. The van der Waals surface area contributed by atoms with Crippen LogP contribution in [0, 0.1) is 0 Å². The summed E-state index contributed by atoms with van der Waals surface area (Å²) in [7, 11) is 0. The van der Waals surface area contributed by atoms with Crippen LogP contribution in [0.25, 0.3) is 0 Å². The summed E-state index contributed by atoms with van der Waals surface area (Å²) in [5, 5.41) is 12.5. The summed E-state index contributed by atoms with van der Waals surface area (Å²) in [6.45, 7) is 1.95. The molecule has 0 bridgehead atoms. The Bertz CT molecular complexity index is 230. The summed E-state index contributed by atoms with van der Waals surface area (Å²) in [5.74, 6) is 0.126. The first-order valence-electron chi connectivity index (χ1n) is 6.44. The zero-order valence-electron chi connectivity index (χ0n) is 9.82. The smallest absolute Gasteiger partial charge is 0.234 e. The van der Waals surface area contributed by atoms with E-state index in [0.717, 1.165) is 25.8 Å². The van der Waals surface area contributed by atoms with E-state index in [9.17, 15) is 9.90 Å². The molecule has 2 fully saturated rings. The number of hydrogen-bond acceptors (Lipinski definition) is 3. The highest BCUT2D eigenvalue weighted by Gasteiger charge is 2.23. The third kappa shape index (κ3) is 3.46. The molecular formula is C12H22N2O2. The van der Waals surface area contributed by atoms with E-state index in [1.54, 1.807) is 0 Å². The summed E-state index contributed by atoms with van der Waals surface area (Å²) in [4.78, 5) is 13.8. The van der Waals surface area contributed by atoms with Gasteiger partial charge in [-0.1, -0.05) is 19.3 Å². The summed E-state index contributed by atoms with van der Waals surface area (Å²) in [6, 6.07) is 0.397. The number of hydrogen-bond donors (Lipinski definition) is 2. The minimum absolute atomic E-state index is 0.126. The average molecular weight is 226 g/mol. The molecule has 1 saturated carbocycles. The Morgan fingerprint density at radius 1 is 1.25 bits per heavy atom. The first-order chi connectivity index (χ1) is 7.74. The van der Waals surface area contributed by atoms with Crippen LogP contribution < -0.4 is 5.32 Å².